The molecular formula is C15H19N3O. The summed E-state index contributed by atoms with van der Waals surface area (Å²) in [6.07, 6.45) is 0.895. The number of rotatable bonds is 1. The third-order valence-electron chi connectivity index (χ3n) is 3.58. The Kier molecular flexibility index (Phi) is 3.59. The summed E-state index contributed by atoms with van der Waals surface area (Å²) in [7, 11) is 0. The van der Waals surface area contributed by atoms with E-state index >= 15 is 0 Å². The zero-order valence-corrected chi connectivity index (χ0v) is 11.6. The van der Waals surface area contributed by atoms with E-state index in [4.69, 9.17) is 5.26 Å². The number of hydrogen-bond donors (Lipinski definition) is 1. The van der Waals surface area contributed by atoms with Crippen molar-refractivity contribution in [3.63, 3.8) is 0 Å². The molecule has 1 atom stereocenters. The van der Waals surface area contributed by atoms with Crippen molar-refractivity contribution in [1.82, 2.24) is 5.32 Å². The number of carbonyl (C=O) groups is 1. The van der Waals surface area contributed by atoms with Crippen molar-refractivity contribution in [2.24, 2.45) is 0 Å². The summed E-state index contributed by atoms with van der Waals surface area (Å²) in [6, 6.07) is 9.47. The molecule has 1 fully saturated rings. The Balaban J connectivity index is 2.44. The number of anilines is 1. The Morgan fingerprint density at radius 1 is 1.47 bits per heavy atom. The summed E-state index contributed by atoms with van der Waals surface area (Å²) in [6.45, 7) is 6.65. The zero-order chi connectivity index (χ0) is 14.0. The zero-order valence-electron chi connectivity index (χ0n) is 11.6. The molecule has 1 heterocycles. The second-order valence-corrected chi connectivity index (χ2v) is 5.53. The van der Waals surface area contributed by atoms with Gasteiger partial charge in [-0.2, -0.15) is 5.26 Å². The van der Waals surface area contributed by atoms with Crippen molar-refractivity contribution in [2.45, 2.75) is 38.8 Å². The van der Waals surface area contributed by atoms with Gasteiger partial charge < -0.3 is 10.2 Å². The number of amides is 1. The third kappa shape index (κ3) is 2.61. The molecule has 0 spiro atoms. The predicted octanol–water partition coefficient (Wildman–Crippen LogP) is 2.05. The summed E-state index contributed by atoms with van der Waals surface area (Å²) >= 11 is 0. The average Bonchev–Trinajstić information content (AvgIpc) is 2.47. The van der Waals surface area contributed by atoms with Gasteiger partial charge in [0.2, 0.25) is 5.91 Å². The molecule has 1 amide bonds. The van der Waals surface area contributed by atoms with Crippen LogP contribution < -0.4 is 10.2 Å². The highest BCUT2D eigenvalue weighted by Gasteiger charge is 2.37. The second-order valence-electron chi connectivity index (χ2n) is 5.53. The first-order valence-electron chi connectivity index (χ1n) is 6.54. The Bertz CT molecular complexity index is 530. The lowest BCUT2D eigenvalue weighted by molar-refractivity contribution is -0.123. The molecule has 1 aliphatic heterocycles. The van der Waals surface area contributed by atoms with E-state index < -0.39 is 5.54 Å². The molecule has 0 aliphatic carbocycles. The van der Waals surface area contributed by atoms with Gasteiger partial charge in [0.05, 0.1) is 17.2 Å². The van der Waals surface area contributed by atoms with E-state index in [9.17, 15) is 4.79 Å². The monoisotopic (exact) mass is 257 g/mol. The van der Waals surface area contributed by atoms with Crippen LogP contribution in [0.5, 0.6) is 0 Å². The van der Waals surface area contributed by atoms with E-state index in [1.807, 2.05) is 32.9 Å². The Hall–Kier alpha value is -1.86. The maximum absolute atomic E-state index is 12.7. The fourth-order valence-electron chi connectivity index (χ4n) is 2.40. The predicted molar refractivity (Wildman–Crippen MR) is 74.8 cm³/mol. The van der Waals surface area contributed by atoms with E-state index in [2.05, 4.69) is 11.4 Å². The van der Waals surface area contributed by atoms with Gasteiger partial charge in [-0.05, 0) is 51.9 Å². The van der Waals surface area contributed by atoms with E-state index in [1.54, 1.807) is 17.0 Å². The van der Waals surface area contributed by atoms with Crippen molar-refractivity contribution in [2.75, 3.05) is 11.4 Å². The highest BCUT2D eigenvalue weighted by atomic mass is 16.2. The maximum atomic E-state index is 12.7. The first-order chi connectivity index (χ1) is 8.95. The van der Waals surface area contributed by atoms with Crippen LogP contribution in [-0.2, 0) is 4.79 Å². The highest BCUT2D eigenvalue weighted by Crippen LogP contribution is 2.25. The summed E-state index contributed by atoms with van der Waals surface area (Å²) < 4.78 is 0. The molecule has 19 heavy (non-hydrogen) atoms. The first-order valence-corrected chi connectivity index (χ1v) is 6.54. The smallest absolute Gasteiger partial charge is 0.246 e. The van der Waals surface area contributed by atoms with Crippen molar-refractivity contribution in [3.05, 3.63) is 29.8 Å². The molecule has 2 rings (SSSR count). The summed E-state index contributed by atoms with van der Waals surface area (Å²) in [5.74, 6) is 0.0487. The molecule has 1 N–H and O–H groups in total. The third-order valence-corrected chi connectivity index (χ3v) is 3.58. The lowest BCUT2D eigenvalue weighted by atomic mass is 10.0. The van der Waals surface area contributed by atoms with Crippen LogP contribution in [-0.4, -0.2) is 24.0 Å². The lowest BCUT2D eigenvalue weighted by Crippen LogP contribution is -2.53. The molecule has 4 heteroatoms. The SMILES string of the molecule is CC1CCNC(C)(C)C(=O)N1c1cccc(C#N)c1. The molecule has 100 valence electrons. The Morgan fingerprint density at radius 3 is 2.89 bits per heavy atom. The average molecular weight is 257 g/mol. The van der Waals surface area contributed by atoms with Gasteiger partial charge >= 0.3 is 0 Å². The van der Waals surface area contributed by atoms with Crippen molar-refractivity contribution in [1.29, 1.82) is 5.26 Å². The molecule has 1 aromatic carbocycles. The summed E-state index contributed by atoms with van der Waals surface area (Å²) in [4.78, 5) is 14.5. The van der Waals surface area contributed by atoms with Crippen molar-refractivity contribution >= 4 is 11.6 Å². The number of carbonyl (C=O) groups excluding carboxylic acids is 1. The number of nitriles is 1. The van der Waals surface area contributed by atoms with E-state index in [0.717, 1.165) is 18.7 Å². The standard InChI is InChI=1S/C15H19N3O/c1-11-7-8-17-15(2,3)14(19)18(11)13-6-4-5-12(9-13)10-16/h4-6,9,11,17H,7-8H2,1-3H3. The second kappa shape index (κ2) is 5.02. The van der Waals surface area contributed by atoms with E-state index in [1.165, 1.54) is 0 Å². The fraction of sp³-hybridized carbons (Fsp3) is 0.467. The number of nitrogens with one attached hydrogen (secondary N) is 1. The van der Waals surface area contributed by atoms with E-state index in [0.29, 0.717) is 5.56 Å². The molecule has 1 saturated heterocycles. The van der Waals surface area contributed by atoms with Crippen LogP contribution in [0.25, 0.3) is 0 Å². The molecular weight excluding hydrogens is 238 g/mol. The van der Waals surface area contributed by atoms with Crippen LogP contribution in [0.3, 0.4) is 0 Å². The molecule has 1 unspecified atom stereocenters. The molecule has 4 nitrogen and oxygen atoms in total. The largest absolute Gasteiger partial charge is 0.308 e. The van der Waals surface area contributed by atoms with Gasteiger partial charge in [0.25, 0.3) is 0 Å². The van der Waals surface area contributed by atoms with Gasteiger partial charge in [-0.15, -0.1) is 0 Å². The fourth-order valence-corrected chi connectivity index (χ4v) is 2.40. The van der Waals surface area contributed by atoms with Crippen molar-refractivity contribution < 1.29 is 4.79 Å². The lowest BCUT2D eigenvalue weighted by Gasteiger charge is -2.32. The van der Waals surface area contributed by atoms with Gasteiger partial charge in [-0.1, -0.05) is 6.07 Å². The van der Waals surface area contributed by atoms with E-state index in [-0.39, 0.29) is 11.9 Å². The van der Waals surface area contributed by atoms with Crippen molar-refractivity contribution in [3.8, 4) is 6.07 Å². The van der Waals surface area contributed by atoms with Gasteiger partial charge in [0.15, 0.2) is 0 Å². The maximum Gasteiger partial charge on any atom is 0.246 e. The van der Waals surface area contributed by atoms with Gasteiger partial charge in [-0.3, -0.25) is 4.79 Å². The van der Waals surface area contributed by atoms with Gasteiger partial charge in [0.1, 0.15) is 0 Å². The van der Waals surface area contributed by atoms with Crippen LogP contribution in [0.1, 0.15) is 32.8 Å². The highest BCUT2D eigenvalue weighted by molar-refractivity contribution is 6.00. The molecule has 1 aromatic rings. The molecule has 0 radical (unpaired) electrons. The Morgan fingerprint density at radius 2 is 2.21 bits per heavy atom. The number of nitrogens with zero attached hydrogens (tertiary/aromatic N) is 2. The summed E-state index contributed by atoms with van der Waals surface area (Å²) in [5.41, 5.74) is 0.800. The van der Waals surface area contributed by atoms with Crippen LogP contribution in [0.2, 0.25) is 0 Å². The van der Waals surface area contributed by atoms with Crippen LogP contribution in [0.4, 0.5) is 5.69 Å². The van der Waals surface area contributed by atoms with Crippen LogP contribution in [0.15, 0.2) is 24.3 Å². The normalized spacial score (nSPS) is 22.7. The minimum absolute atomic E-state index is 0.0487. The van der Waals surface area contributed by atoms with Gasteiger partial charge in [-0.25, -0.2) is 0 Å². The van der Waals surface area contributed by atoms with Crippen LogP contribution in [0, 0.1) is 11.3 Å². The molecule has 0 aromatic heterocycles. The number of hydrogen-bond acceptors (Lipinski definition) is 3. The van der Waals surface area contributed by atoms with Crippen LogP contribution >= 0.6 is 0 Å². The molecule has 0 saturated carbocycles. The topological polar surface area (TPSA) is 56.1 Å². The number of benzene rings is 1. The first kappa shape index (κ1) is 13.6. The summed E-state index contributed by atoms with van der Waals surface area (Å²) in [5, 5.41) is 12.3. The molecule has 0 bridgehead atoms. The minimum Gasteiger partial charge on any atom is -0.308 e. The quantitative estimate of drug-likeness (QED) is 0.837. The molecule has 1 aliphatic rings. The van der Waals surface area contributed by atoms with Gasteiger partial charge in [0, 0.05) is 11.7 Å². The minimum atomic E-state index is -0.576. The Labute approximate surface area is 114 Å².